The molecule has 0 aliphatic carbocycles. The molecule has 1 heterocycles. The summed E-state index contributed by atoms with van der Waals surface area (Å²) in [6.45, 7) is 13.2. The van der Waals surface area contributed by atoms with Crippen molar-refractivity contribution in [2.75, 3.05) is 6.54 Å². The molecule has 0 radical (unpaired) electrons. The van der Waals surface area contributed by atoms with E-state index in [1.807, 2.05) is 11.3 Å². The number of hydrogen-bond acceptors (Lipinski definition) is 3. The Morgan fingerprint density at radius 1 is 1.12 bits per heavy atom. The van der Waals surface area contributed by atoms with Gasteiger partial charge in [0, 0.05) is 17.8 Å². The zero-order valence-electron chi connectivity index (χ0n) is 11.8. The van der Waals surface area contributed by atoms with Gasteiger partial charge in [-0.25, -0.2) is 4.98 Å². The molecular formula is C14H26N2S. The first-order valence-electron chi connectivity index (χ1n) is 6.71. The van der Waals surface area contributed by atoms with Crippen molar-refractivity contribution in [2.45, 2.75) is 54.0 Å². The summed E-state index contributed by atoms with van der Waals surface area (Å²) >= 11 is 1.90. The average molecular weight is 254 g/mol. The summed E-state index contributed by atoms with van der Waals surface area (Å²) in [6.07, 6.45) is 2.22. The number of nitrogens with zero attached hydrogens (tertiary/aromatic N) is 1. The normalized spacial score (nSPS) is 11.7. The molecule has 0 aliphatic heterocycles. The van der Waals surface area contributed by atoms with E-state index in [2.05, 4.69) is 39.9 Å². The smallest absolute Gasteiger partial charge is 0.0934 e. The number of thiazole rings is 1. The van der Waals surface area contributed by atoms with Crippen LogP contribution in [-0.2, 0) is 19.4 Å². The molecule has 0 fully saturated rings. The predicted molar refractivity (Wildman–Crippen MR) is 76.6 cm³/mol. The standard InChI is InChI=1S/C14H26N2S/c1-6-15-9-13-12(7-10(2)3)16-14(17-13)8-11(4)5/h10-11,15H,6-9H2,1-5H3. The SMILES string of the molecule is CCNCc1sc(CC(C)C)nc1CC(C)C. The lowest BCUT2D eigenvalue weighted by molar-refractivity contribution is 0.616. The van der Waals surface area contributed by atoms with Crippen LogP contribution in [0.2, 0.25) is 0 Å². The number of hydrogen-bond donors (Lipinski definition) is 1. The summed E-state index contributed by atoms with van der Waals surface area (Å²) in [5, 5.41) is 4.72. The number of nitrogens with one attached hydrogen (secondary N) is 1. The Balaban J connectivity index is 2.78. The van der Waals surface area contributed by atoms with E-state index in [-0.39, 0.29) is 0 Å². The molecule has 0 aliphatic rings. The Labute approximate surface area is 110 Å². The molecule has 1 N–H and O–H groups in total. The van der Waals surface area contributed by atoms with E-state index < -0.39 is 0 Å². The van der Waals surface area contributed by atoms with Crippen LogP contribution in [0, 0.1) is 11.8 Å². The van der Waals surface area contributed by atoms with Crippen molar-refractivity contribution in [3.8, 4) is 0 Å². The van der Waals surface area contributed by atoms with Crippen LogP contribution in [0.5, 0.6) is 0 Å². The fourth-order valence-corrected chi connectivity index (χ4v) is 3.07. The fraction of sp³-hybridized carbons (Fsp3) is 0.786. The first-order valence-corrected chi connectivity index (χ1v) is 7.52. The molecule has 0 unspecified atom stereocenters. The van der Waals surface area contributed by atoms with E-state index >= 15 is 0 Å². The molecular weight excluding hydrogens is 228 g/mol. The molecule has 2 nitrogen and oxygen atoms in total. The molecule has 1 aromatic heterocycles. The van der Waals surface area contributed by atoms with Crippen molar-refractivity contribution in [2.24, 2.45) is 11.8 Å². The summed E-state index contributed by atoms with van der Waals surface area (Å²) in [5.41, 5.74) is 1.32. The third-order valence-corrected chi connectivity index (χ3v) is 3.66. The maximum Gasteiger partial charge on any atom is 0.0934 e. The van der Waals surface area contributed by atoms with Gasteiger partial charge in [-0.1, -0.05) is 34.6 Å². The van der Waals surface area contributed by atoms with E-state index in [0.717, 1.165) is 25.9 Å². The van der Waals surface area contributed by atoms with E-state index in [9.17, 15) is 0 Å². The van der Waals surface area contributed by atoms with Gasteiger partial charge in [0.2, 0.25) is 0 Å². The topological polar surface area (TPSA) is 24.9 Å². The van der Waals surface area contributed by atoms with Gasteiger partial charge in [0.05, 0.1) is 10.7 Å². The van der Waals surface area contributed by atoms with Gasteiger partial charge in [0.15, 0.2) is 0 Å². The van der Waals surface area contributed by atoms with Crippen molar-refractivity contribution in [3.63, 3.8) is 0 Å². The zero-order chi connectivity index (χ0) is 12.8. The van der Waals surface area contributed by atoms with Crippen LogP contribution < -0.4 is 5.32 Å². The van der Waals surface area contributed by atoms with Gasteiger partial charge in [-0.2, -0.15) is 0 Å². The van der Waals surface area contributed by atoms with Crippen LogP contribution in [0.3, 0.4) is 0 Å². The van der Waals surface area contributed by atoms with Crippen LogP contribution in [0.15, 0.2) is 0 Å². The molecule has 0 saturated carbocycles. The molecule has 0 amide bonds. The molecule has 0 aromatic carbocycles. The van der Waals surface area contributed by atoms with Crippen LogP contribution in [0.1, 0.15) is 50.2 Å². The van der Waals surface area contributed by atoms with Gasteiger partial charge in [0.25, 0.3) is 0 Å². The monoisotopic (exact) mass is 254 g/mol. The first-order chi connectivity index (χ1) is 8.02. The van der Waals surface area contributed by atoms with Crippen molar-refractivity contribution >= 4 is 11.3 Å². The molecule has 0 atom stereocenters. The molecule has 1 aromatic rings. The lowest BCUT2D eigenvalue weighted by atomic mass is 10.1. The van der Waals surface area contributed by atoms with Gasteiger partial charge in [-0.15, -0.1) is 11.3 Å². The molecule has 98 valence electrons. The van der Waals surface area contributed by atoms with Crippen LogP contribution in [0.4, 0.5) is 0 Å². The molecule has 1 rings (SSSR count). The van der Waals surface area contributed by atoms with Gasteiger partial charge >= 0.3 is 0 Å². The van der Waals surface area contributed by atoms with Gasteiger partial charge < -0.3 is 5.32 Å². The first kappa shape index (κ1) is 14.7. The molecule has 0 bridgehead atoms. The van der Waals surface area contributed by atoms with Crippen molar-refractivity contribution in [1.82, 2.24) is 10.3 Å². The Morgan fingerprint density at radius 2 is 1.76 bits per heavy atom. The summed E-state index contributed by atoms with van der Waals surface area (Å²) in [6, 6.07) is 0. The lowest BCUT2D eigenvalue weighted by Crippen LogP contribution is -2.12. The van der Waals surface area contributed by atoms with Crippen molar-refractivity contribution in [3.05, 3.63) is 15.6 Å². The van der Waals surface area contributed by atoms with Gasteiger partial charge in [0.1, 0.15) is 0 Å². The minimum Gasteiger partial charge on any atom is -0.312 e. The Morgan fingerprint density at radius 3 is 2.29 bits per heavy atom. The molecule has 17 heavy (non-hydrogen) atoms. The summed E-state index contributed by atoms with van der Waals surface area (Å²) in [5.74, 6) is 1.38. The highest BCUT2D eigenvalue weighted by Gasteiger charge is 2.12. The largest absolute Gasteiger partial charge is 0.312 e. The third-order valence-electron chi connectivity index (χ3n) is 2.54. The third kappa shape index (κ3) is 5.17. The second-order valence-electron chi connectivity index (χ2n) is 5.45. The number of rotatable bonds is 7. The van der Waals surface area contributed by atoms with Gasteiger partial charge in [-0.3, -0.25) is 0 Å². The summed E-state index contributed by atoms with van der Waals surface area (Å²) < 4.78 is 0. The molecule has 0 spiro atoms. The van der Waals surface area contributed by atoms with Crippen LogP contribution in [-0.4, -0.2) is 11.5 Å². The van der Waals surface area contributed by atoms with E-state index in [0.29, 0.717) is 11.8 Å². The molecule has 0 saturated heterocycles. The fourth-order valence-electron chi connectivity index (χ4n) is 1.80. The van der Waals surface area contributed by atoms with Crippen molar-refractivity contribution < 1.29 is 0 Å². The highest BCUT2D eigenvalue weighted by molar-refractivity contribution is 7.11. The Bertz CT molecular complexity index is 329. The van der Waals surface area contributed by atoms with Gasteiger partial charge in [-0.05, 0) is 24.8 Å². The maximum absolute atomic E-state index is 4.82. The molecule has 3 heteroatoms. The van der Waals surface area contributed by atoms with E-state index in [1.54, 1.807) is 0 Å². The van der Waals surface area contributed by atoms with Crippen LogP contribution >= 0.6 is 11.3 Å². The predicted octanol–water partition coefficient (Wildman–Crippen LogP) is 3.65. The lowest BCUT2D eigenvalue weighted by Gasteiger charge is -2.05. The Hall–Kier alpha value is -0.410. The second kappa shape index (κ2) is 7.12. The highest BCUT2D eigenvalue weighted by Crippen LogP contribution is 2.23. The zero-order valence-corrected chi connectivity index (χ0v) is 12.7. The second-order valence-corrected chi connectivity index (χ2v) is 6.62. The van der Waals surface area contributed by atoms with E-state index in [4.69, 9.17) is 4.98 Å². The maximum atomic E-state index is 4.82. The Kier molecular flexibility index (Phi) is 6.14. The minimum absolute atomic E-state index is 0.685. The average Bonchev–Trinajstić information content (AvgIpc) is 2.55. The number of aromatic nitrogens is 1. The summed E-state index contributed by atoms with van der Waals surface area (Å²) in [7, 11) is 0. The van der Waals surface area contributed by atoms with E-state index in [1.165, 1.54) is 15.6 Å². The van der Waals surface area contributed by atoms with Crippen molar-refractivity contribution in [1.29, 1.82) is 0 Å². The quantitative estimate of drug-likeness (QED) is 0.803. The van der Waals surface area contributed by atoms with Crippen LogP contribution in [0.25, 0.3) is 0 Å². The highest BCUT2D eigenvalue weighted by atomic mass is 32.1. The minimum atomic E-state index is 0.685. The summed E-state index contributed by atoms with van der Waals surface area (Å²) in [4.78, 5) is 6.26.